The fourth-order valence-electron chi connectivity index (χ4n) is 2.17. The van der Waals surface area contributed by atoms with E-state index in [1.807, 2.05) is 24.3 Å². The molecular formula is C18H20N2O4. The predicted molar refractivity (Wildman–Crippen MR) is 92.3 cm³/mol. The predicted octanol–water partition coefficient (Wildman–Crippen LogP) is 2.72. The Balaban J connectivity index is 2.25. The minimum atomic E-state index is -0.442. The topological polar surface area (TPSA) is 83.1 Å². The van der Waals surface area contributed by atoms with E-state index in [0.29, 0.717) is 29.3 Å². The first-order chi connectivity index (χ1) is 11.6. The molecule has 0 atom stereocenters. The van der Waals surface area contributed by atoms with Gasteiger partial charge in [-0.05, 0) is 35.9 Å². The number of benzene rings is 2. The molecule has 0 heterocycles. The van der Waals surface area contributed by atoms with Gasteiger partial charge in [0.2, 0.25) is 0 Å². The summed E-state index contributed by atoms with van der Waals surface area (Å²) in [4.78, 5) is 16.0. The number of hydrogen-bond donors (Lipinski definition) is 1. The van der Waals surface area contributed by atoms with Crippen LogP contribution in [0.1, 0.15) is 15.9 Å². The molecule has 126 valence electrons. The number of aliphatic imine (C=N–C) groups is 1. The van der Waals surface area contributed by atoms with Gasteiger partial charge in [-0.15, -0.1) is 0 Å². The van der Waals surface area contributed by atoms with Crippen LogP contribution in [0.4, 0.5) is 5.69 Å². The molecule has 0 spiro atoms. The van der Waals surface area contributed by atoms with Gasteiger partial charge in [0.15, 0.2) is 0 Å². The molecule has 2 aromatic carbocycles. The Morgan fingerprint density at radius 2 is 1.75 bits per heavy atom. The maximum absolute atomic E-state index is 11.6. The first-order valence-corrected chi connectivity index (χ1v) is 7.29. The van der Waals surface area contributed by atoms with Gasteiger partial charge in [-0.2, -0.15) is 0 Å². The number of carbonyl (C=O) groups is 1. The molecule has 6 nitrogen and oxygen atoms in total. The van der Waals surface area contributed by atoms with E-state index >= 15 is 0 Å². The Morgan fingerprint density at radius 3 is 2.33 bits per heavy atom. The highest BCUT2D eigenvalue weighted by molar-refractivity contribution is 5.92. The number of amidine groups is 1. The lowest BCUT2D eigenvalue weighted by Gasteiger charge is -2.08. The molecule has 0 bridgehead atoms. The van der Waals surface area contributed by atoms with E-state index in [2.05, 4.69) is 4.99 Å². The van der Waals surface area contributed by atoms with Crippen molar-refractivity contribution in [2.45, 2.75) is 6.42 Å². The number of nitrogens with zero attached hydrogens (tertiary/aromatic N) is 1. The third-order valence-corrected chi connectivity index (χ3v) is 3.41. The highest BCUT2D eigenvalue weighted by Crippen LogP contribution is 2.29. The number of nitrogens with two attached hydrogens (primary N) is 1. The summed E-state index contributed by atoms with van der Waals surface area (Å²) in [6.45, 7) is 0. The minimum absolute atomic E-state index is 0.384. The SMILES string of the molecule is COC(=O)c1ccc(OC)c(N=C(N)Cc2ccc(OC)cc2)c1. The molecule has 24 heavy (non-hydrogen) atoms. The summed E-state index contributed by atoms with van der Waals surface area (Å²) >= 11 is 0. The summed E-state index contributed by atoms with van der Waals surface area (Å²) in [5.74, 6) is 1.27. The van der Waals surface area contributed by atoms with Crippen molar-refractivity contribution in [3.63, 3.8) is 0 Å². The minimum Gasteiger partial charge on any atom is -0.497 e. The fourth-order valence-corrected chi connectivity index (χ4v) is 2.17. The zero-order valence-electron chi connectivity index (χ0n) is 13.9. The molecule has 0 unspecified atom stereocenters. The van der Waals surface area contributed by atoms with Gasteiger partial charge in [-0.3, -0.25) is 0 Å². The lowest BCUT2D eigenvalue weighted by atomic mass is 10.1. The molecule has 2 aromatic rings. The lowest BCUT2D eigenvalue weighted by Crippen LogP contribution is -2.14. The van der Waals surface area contributed by atoms with Gasteiger partial charge >= 0.3 is 5.97 Å². The number of hydrogen-bond acceptors (Lipinski definition) is 5. The van der Waals surface area contributed by atoms with Gasteiger partial charge in [0.25, 0.3) is 0 Å². The van der Waals surface area contributed by atoms with Crippen LogP contribution in [0.5, 0.6) is 11.5 Å². The zero-order chi connectivity index (χ0) is 17.5. The average molecular weight is 328 g/mol. The summed E-state index contributed by atoms with van der Waals surface area (Å²) < 4.78 is 15.1. The monoisotopic (exact) mass is 328 g/mol. The van der Waals surface area contributed by atoms with E-state index < -0.39 is 5.97 Å². The molecule has 0 saturated heterocycles. The third kappa shape index (κ3) is 4.25. The first kappa shape index (κ1) is 17.3. The van der Waals surface area contributed by atoms with Crippen molar-refractivity contribution in [3.05, 3.63) is 53.6 Å². The van der Waals surface area contributed by atoms with Crippen molar-refractivity contribution < 1.29 is 19.0 Å². The van der Waals surface area contributed by atoms with Gasteiger partial charge in [-0.1, -0.05) is 12.1 Å². The van der Waals surface area contributed by atoms with Crippen molar-refractivity contribution in [3.8, 4) is 11.5 Å². The van der Waals surface area contributed by atoms with E-state index in [9.17, 15) is 4.79 Å². The van der Waals surface area contributed by atoms with E-state index in [1.165, 1.54) is 14.2 Å². The molecule has 2 N–H and O–H groups in total. The normalized spacial score (nSPS) is 11.0. The van der Waals surface area contributed by atoms with Gasteiger partial charge in [0, 0.05) is 6.42 Å². The van der Waals surface area contributed by atoms with E-state index in [0.717, 1.165) is 11.3 Å². The Bertz CT molecular complexity index is 739. The average Bonchev–Trinajstić information content (AvgIpc) is 2.61. The summed E-state index contributed by atoms with van der Waals surface area (Å²) in [6.07, 6.45) is 0.468. The van der Waals surface area contributed by atoms with Gasteiger partial charge in [0.05, 0.1) is 26.9 Å². The van der Waals surface area contributed by atoms with Gasteiger partial charge in [-0.25, -0.2) is 9.79 Å². The quantitative estimate of drug-likeness (QED) is 0.501. The van der Waals surface area contributed by atoms with Crippen molar-refractivity contribution in [1.29, 1.82) is 0 Å². The Morgan fingerprint density at radius 1 is 1.04 bits per heavy atom. The van der Waals surface area contributed by atoms with Crippen LogP contribution in [0.15, 0.2) is 47.5 Å². The Kier molecular flexibility index (Phi) is 5.78. The summed E-state index contributed by atoms with van der Waals surface area (Å²) in [6, 6.07) is 12.4. The van der Waals surface area contributed by atoms with E-state index in [-0.39, 0.29) is 0 Å². The van der Waals surface area contributed by atoms with Crippen LogP contribution >= 0.6 is 0 Å². The third-order valence-electron chi connectivity index (χ3n) is 3.41. The summed E-state index contributed by atoms with van der Waals surface area (Å²) in [7, 11) is 4.48. The fraction of sp³-hybridized carbons (Fsp3) is 0.222. The number of carbonyl (C=O) groups excluding carboxylic acids is 1. The molecule has 0 radical (unpaired) electrons. The van der Waals surface area contributed by atoms with Crippen LogP contribution in [0.3, 0.4) is 0 Å². The van der Waals surface area contributed by atoms with Crippen LogP contribution < -0.4 is 15.2 Å². The van der Waals surface area contributed by atoms with Crippen LogP contribution in [0.2, 0.25) is 0 Å². The van der Waals surface area contributed by atoms with Crippen LogP contribution in [-0.2, 0) is 11.2 Å². The van der Waals surface area contributed by atoms with Crippen molar-refractivity contribution in [1.82, 2.24) is 0 Å². The zero-order valence-corrected chi connectivity index (χ0v) is 13.9. The molecule has 0 aliphatic heterocycles. The second kappa shape index (κ2) is 8.01. The van der Waals surface area contributed by atoms with Gasteiger partial charge < -0.3 is 19.9 Å². The number of rotatable bonds is 6. The maximum Gasteiger partial charge on any atom is 0.337 e. The smallest absolute Gasteiger partial charge is 0.337 e. The molecule has 0 saturated carbocycles. The molecule has 0 aliphatic rings. The van der Waals surface area contributed by atoms with Crippen LogP contribution in [-0.4, -0.2) is 33.1 Å². The maximum atomic E-state index is 11.6. The van der Waals surface area contributed by atoms with Gasteiger partial charge in [0.1, 0.15) is 23.0 Å². The number of ether oxygens (including phenoxy) is 3. The summed E-state index contributed by atoms with van der Waals surface area (Å²) in [5, 5.41) is 0. The second-order valence-corrected chi connectivity index (χ2v) is 5.01. The van der Waals surface area contributed by atoms with E-state index in [1.54, 1.807) is 25.3 Å². The first-order valence-electron chi connectivity index (χ1n) is 7.29. The Hall–Kier alpha value is -3.02. The molecule has 0 aliphatic carbocycles. The van der Waals surface area contributed by atoms with Crippen LogP contribution in [0, 0.1) is 0 Å². The molecule has 2 rings (SSSR count). The molecule has 0 amide bonds. The molecular weight excluding hydrogens is 308 g/mol. The van der Waals surface area contributed by atoms with Crippen molar-refractivity contribution >= 4 is 17.5 Å². The van der Waals surface area contributed by atoms with Crippen LogP contribution in [0.25, 0.3) is 0 Å². The summed E-state index contributed by atoms with van der Waals surface area (Å²) in [5.41, 5.74) is 7.90. The number of methoxy groups -OCH3 is 3. The highest BCUT2D eigenvalue weighted by atomic mass is 16.5. The lowest BCUT2D eigenvalue weighted by molar-refractivity contribution is 0.0600. The van der Waals surface area contributed by atoms with E-state index in [4.69, 9.17) is 19.9 Å². The molecule has 0 aromatic heterocycles. The van der Waals surface area contributed by atoms with Crippen molar-refractivity contribution in [2.75, 3.05) is 21.3 Å². The largest absolute Gasteiger partial charge is 0.497 e. The second-order valence-electron chi connectivity index (χ2n) is 5.01. The Labute approximate surface area is 140 Å². The highest BCUT2D eigenvalue weighted by Gasteiger charge is 2.10. The van der Waals surface area contributed by atoms with Crippen molar-refractivity contribution in [2.24, 2.45) is 10.7 Å². The molecule has 6 heteroatoms. The standard InChI is InChI=1S/C18H20N2O4/c1-22-14-7-4-12(5-8-14)10-17(19)20-15-11-13(18(21)24-3)6-9-16(15)23-2/h4-9,11H,10H2,1-3H3,(H2,19,20). The number of esters is 1. The molecule has 0 fully saturated rings.